The number of para-hydroxylation sites is 1. The van der Waals surface area contributed by atoms with Crippen LogP contribution < -0.4 is 20.1 Å². The molecule has 0 fully saturated rings. The van der Waals surface area contributed by atoms with Gasteiger partial charge >= 0.3 is 6.03 Å². The molecule has 5 aromatic rings. The maximum absolute atomic E-state index is 15.0. The number of anilines is 1. The second kappa shape index (κ2) is 9.29. The van der Waals surface area contributed by atoms with Gasteiger partial charge in [-0.25, -0.2) is 24.1 Å². The van der Waals surface area contributed by atoms with Crippen molar-refractivity contribution in [3.8, 4) is 22.2 Å². The number of ether oxygens (including phenoxy) is 2. The summed E-state index contributed by atoms with van der Waals surface area (Å²) in [5.74, 6) is 0.188. The van der Waals surface area contributed by atoms with Crippen molar-refractivity contribution in [2.45, 2.75) is 19.4 Å². The van der Waals surface area contributed by atoms with Crippen molar-refractivity contribution in [3.05, 3.63) is 71.7 Å². The van der Waals surface area contributed by atoms with Crippen LogP contribution in [0, 0.1) is 12.7 Å². The molecule has 1 unspecified atom stereocenters. The summed E-state index contributed by atoms with van der Waals surface area (Å²) in [5, 5.41) is 6.30. The van der Waals surface area contributed by atoms with Gasteiger partial charge in [0.15, 0.2) is 11.6 Å². The lowest BCUT2D eigenvalue weighted by atomic mass is 10.1. The number of halogens is 1. The van der Waals surface area contributed by atoms with Crippen LogP contribution in [0.1, 0.15) is 11.1 Å². The van der Waals surface area contributed by atoms with Gasteiger partial charge in [-0.2, -0.15) is 0 Å². The molecule has 186 valence electrons. The normalized spacial score (nSPS) is 14.4. The molecule has 0 bridgehead atoms. The van der Waals surface area contributed by atoms with E-state index in [4.69, 9.17) is 14.5 Å². The first-order chi connectivity index (χ1) is 18.0. The fourth-order valence-corrected chi connectivity index (χ4v) is 5.58. The van der Waals surface area contributed by atoms with Gasteiger partial charge in [-0.3, -0.25) is 0 Å². The number of fused-ring (bicyclic) bond motifs is 4. The molecule has 10 heteroatoms. The van der Waals surface area contributed by atoms with E-state index in [0.717, 1.165) is 26.4 Å². The van der Waals surface area contributed by atoms with E-state index in [2.05, 4.69) is 20.6 Å². The summed E-state index contributed by atoms with van der Waals surface area (Å²) in [5.41, 5.74) is 5.25. The minimum absolute atomic E-state index is 0.219. The Labute approximate surface area is 215 Å². The minimum Gasteiger partial charge on any atom is -0.485 e. The molecule has 2 amide bonds. The Hall–Kier alpha value is -4.31. The zero-order chi connectivity index (χ0) is 25.5. The van der Waals surface area contributed by atoms with E-state index in [1.165, 1.54) is 17.4 Å². The molecule has 0 radical (unpaired) electrons. The van der Waals surface area contributed by atoms with Crippen LogP contribution in [-0.4, -0.2) is 40.7 Å². The van der Waals surface area contributed by atoms with E-state index < -0.39 is 5.82 Å². The van der Waals surface area contributed by atoms with Crippen molar-refractivity contribution in [2.24, 2.45) is 0 Å². The predicted molar refractivity (Wildman–Crippen MR) is 141 cm³/mol. The number of hydrogen-bond donors (Lipinski definition) is 2. The van der Waals surface area contributed by atoms with Gasteiger partial charge in [-0.15, -0.1) is 11.3 Å². The number of urea groups is 1. The van der Waals surface area contributed by atoms with Crippen LogP contribution >= 0.6 is 11.3 Å². The van der Waals surface area contributed by atoms with E-state index in [1.807, 2.05) is 37.3 Å². The van der Waals surface area contributed by atoms with Crippen LogP contribution in [0.4, 0.5) is 14.9 Å². The molecule has 6 rings (SSSR count). The number of amides is 2. The van der Waals surface area contributed by atoms with Crippen LogP contribution in [-0.2, 0) is 6.42 Å². The number of hydrogen-bond acceptors (Lipinski definition) is 7. The topological polar surface area (TPSA) is 98.3 Å². The van der Waals surface area contributed by atoms with Crippen LogP contribution in [0.2, 0.25) is 0 Å². The first-order valence-electron chi connectivity index (χ1n) is 11.7. The van der Waals surface area contributed by atoms with Crippen molar-refractivity contribution in [2.75, 3.05) is 19.0 Å². The molecule has 0 aliphatic carbocycles. The molecule has 2 aromatic heterocycles. The average Bonchev–Trinajstić information content (AvgIpc) is 3.52. The summed E-state index contributed by atoms with van der Waals surface area (Å²) < 4.78 is 27.0. The Morgan fingerprint density at radius 2 is 2.03 bits per heavy atom. The van der Waals surface area contributed by atoms with Gasteiger partial charge in [0, 0.05) is 29.3 Å². The third-order valence-corrected chi connectivity index (χ3v) is 7.29. The largest absolute Gasteiger partial charge is 0.485 e. The highest BCUT2D eigenvalue weighted by Gasteiger charge is 2.30. The Morgan fingerprint density at radius 1 is 1.19 bits per heavy atom. The number of carbonyl (C=O) groups excluding carboxylic acids is 1. The van der Waals surface area contributed by atoms with Gasteiger partial charge in [0.2, 0.25) is 5.88 Å². The fourth-order valence-electron chi connectivity index (χ4n) is 4.47. The van der Waals surface area contributed by atoms with Crippen LogP contribution in [0.15, 0.2) is 54.7 Å². The number of thiazole rings is 1. The molecule has 3 aromatic carbocycles. The van der Waals surface area contributed by atoms with Crippen molar-refractivity contribution >= 4 is 44.3 Å². The monoisotopic (exact) mass is 515 g/mol. The standard InChI is InChI=1S/C27H22FN5O3S/c1-14-8-17(23-20(9-14)32-22(35-2)13-29-23)26-33-21-11-19(28)24-18(25(21)37-26)10-16(36-24)12-30-27(34)31-15-6-4-3-5-7-15/h3-9,11,13,16H,10,12H2,1-2H3,(H2,30,31,34). The van der Waals surface area contributed by atoms with E-state index in [-0.39, 0.29) is 24.4 Å². The molecule has 0 saturated carbocycles. The predicted octanol–water partition coefficient (Wildman–Crippen LogP) is 5.49. The zero-order valence-corrected chi connectivity index (χ0v) is 20.9. The third-order valence-electron chi connectivity index (χ3n) is 6.13. The zero-order valence-electron chi connectivity index (χ0n) is 20.0. The molecule has 2 N–H and O–H groups in total. The average molecular weight is 516 g/mol. The lowest BCUT2D eigenvalue weighted by molar-refractivity contribution is 0.214. The molecular weight excluding hydrogens is 493 g/mol. The highest BCUT2D eigenvalue weighted by atomic mass is 32.1. The molecule has 1 aliphatic rings. The van der Waals surface area contributed by atoms with Crippen molar-refractivity contribution < 1.29 is 18.7 Å². The highest BCUT2D eigenvalue weighted by Crippen LogP contribution is 2.43. The lowest BCUT2D eigenvalue weighted by Crippen LogP contribution is -2.37. The van der Waals surface area contributed by atoms with Crippen LogP contribution in [0.3, 0.4) is 0 Å². The fraction of sp³-hybridized carbons (Fsp3) is 0.185. The number of benzene rings is 3. The molecule has 0 saturated heterocycles. The number of carbonyl (C=O) groups is 1. The van der Waals surface area contributed by atoms with Crippen molar-refractivity contribution in [1.82, 2.24) is 20.3 Å². The van der Waals surface area contributed by atoms with Crippen LogP contribution in [0.5, 0.6) is 11.6 Å². The molecule has 1 atom stereocenters. The quantitative estimate of drug-likeness (QED) is 0.321. The summed E-state index contributed by atoms with van der Waals surface area (Å²) in [6.45, 7) is 2.22. The first-order valence-corrected chi connectivity index (χ1v) is 12.5. The lowest BCUT2D eigenvalue weighted by Gasteiger charge is -2.12. The summed E-state index contributed by atoms with van der Waals surface area (Å²) >= 11 is 1.47. The SMILES string of the molecule is COc1cnc2c(-c3nc4cc(F)c5c(c4s3)CC(CNC(=O)Nc3ccccc3)O5)cc(C)cc2n1. The van der Waals surface area contributed by atoms with Gasteiger partial charge in [0.1, 0.15) is 11.1 Å². The third kappa shape index (κ3) is 4.40. The van der Waals surface area contributed by atoms with Gasteiger partial charge < -0.3 is 20.1 Å². The van der Waals surface area contributed by atoms with Gasteiger partial charge in [0.25, 0.3) is 0 Å². The maximum atomic E-state index is 15.0. The molecular formula is C27H22FN5O3S. The van der Waals surface area contributed by atoms with Gasteiger partial charge in [-0.1, -0.05) is 18.2 Å². The Morgan fingerprint density at radius 3 is 2.84 bits per heavy atom. The molecule has 3 heterocycles. The minimum atomic E-state index is -0.464. The number of aryl methyl sites for hydroxylation is 1. The summed E-state index contributed by atoms with van der Waals surface area (Å²) in [6, 6.07) is 14.2. The number of rotatable bonds is 5. The Balaban J connectivity index is 1.27. The van der Waals surface area contributed by atoms with E-state index >= 15 is 0 Å². The van der Waals surface area contributed by atoms with Gasteiger partial charge in [0.05, 0.1) is 41.1 Å². The summed E-state index contributed by atoms with van der Waals surface area (Å²) in [7, 11) is 1.55. The Kier molecular flexibility index (Phi) is 5.80. The smallest absolute Gasteiger partial charge is 0.319 e. The van der Waals surface area contributed by atoms with Crippen molar-refractivity contribution in [3.63, 3.8) is 0 Å². The molecule has 8 nitrogen and oxygen atoms in total. The molecule has 37 heavy (non-hydrogen) atoms. The molecule has 0 spiro atoms. The van der Waals surface area contributed by atoms with Crippen molar-refractivity contribution in [1.29, 1.82) is 0 Å². The molecule has 1 aliphatic heterocycles. The number of nitrogens with zero attached hydrogens (tertiary/aromatic N) is 3. The van der Waals surface area contributed by atoms with E-state index in [0.29, 0.717) is 34.5 Å². The second-order valence-electron chi connectivity index (χ2n) is 8.77. The maximum Gasteiger partial charge on any atom is 0.319 e. The second-order valence-corrected chi connectivity index (χ2v) is 9.77. The number of aromatic nitrogens is 3. The van der Waals surface area contributed by atoms with E-state index in [1.54, 1.807) is 25.4 Å². The summed E-state index contributed by atoms with van der Waals surface area (Å²) in [4.78, 5) is 26.1. The highest BCUT2D eigenvalue weighted by molar-refractivity contribution is 7.22. The number of methoxy groups -OCH3 is 1. The number of nitrogens with one attached hydrogen (secondary N) is 2. The van der Waals surface area contributed by atoms with Crippen LogP contribution in [0.25, 0.3) is 31.8 Å². The first kappa shape index (κ1) is 23.1. The van der Waals surface area contributed by atoms with Gasteiger partial charge in [-0.05, 0) is 36.8 Å². The van der Waals surface area contributed by atoms with E-state index in [9.17, 15) is 9.18 Å². The summed E-state index contributed by atoms with van der Waals surface area (Å²) in [6.07, 6.45) is 1.65. The Bertz CT molecular complexity index is 1660.